The first kappa shape index (κ1) is 23.8. The van der Waals surface area contributed by atoms with Gasteiger partial charge in [-0.15, -0.1) is 0 Å². The molecule has 0 radical (unpaired) electrons. The highest BCUT2D eigenvalue weighted by Gasteiger charge is 2.39. The van der Waals surface area contributed by atoms with Crippen LogP contribution in [0.5, 0.6) is 0 Å². The van der Waals surface area contributed by atoms with Crippen LogP contribution in [0, 0.1) is 24.2 Å². The van der Waals surface area contributed by atoms with E-state index in [1.807, 2.05) is 18.0 Å². The lowest BCUT2D eigenvalue weighted by Crippen LogP contribution is -2.58. The summed E-state index contributed by atoms with van der Waals surface area (Å²) >= 11 is 0. The molecule has 1 unspecified atom stereocenters. The Labute approximate surface area is 207 Å². The van der Waals surface area contributed by atoms with Gasteiger partial charge in [0, 0.05) is 43.7 Å². The number of piperazine rings is 1. The third kappa shape index (κ3) is 4.66. The molecule has 186 valence electrons. The Kier molecular flexibility index (Phi) is 6.08. The summed E-state index contributed by atoms with van der Waals surface area (Å²) in [6.07, 6.45) is 6.70. The molecule has 1 saturated carbocycles. The maximum absolute atomic E-state index is 13.2. The second kappa shape index (κ2) is 8.94. The van der Waals surface area contributed by atoms with Crippen LogP contribution >= 0.6 is 0 Å². The molecule has 8 heteroatoms. The number of hydrogen-bond acceptors (Lipinski definition) is 6. The largest absolute Gasteiger partial charge is 0.370 e. The predicted molar refractivity (Wildman–Crippen MR) is 133 cm³/mol. The maximum atomic E-state index is 13.2. The Morgan fingerprint density at radius 3 is 2.69 bits per heavy atom. The molecule has 0 spiro atoms. The summed E-state index contributed by atoms with van der Waals surface area (Å²) in [6.45, 7) is 13.2. The molecule has 0 aromatic carbocycles. The normalized spacial score (nSPS) is 21.7. The molecule has 35 heavy (non-hydrogen) atoms. The minimum atomic E-state index is -0.297. The Morgan fingerprint density at radius 2 is 2.06 bits per heavy atom. The number of pyridine rings is 1. The van der Waals surface area contributed by atoms with Gasteiger partial charge in [-0.05, 0) is 50.7 Å². The Hall–Kier alpha value is -2.92. The van der Waals surface area contributed by atoms with Crippen LogP contribution in [-0.4, -0.2) is 56.8 Å². The van der Waals surface area contributed by atoms with Gasteiger partial charge in [0.15, 0.2) is 0 Å². The molecule has 2 fully saturated rings. The summed E-state index contributed by atoms with van der Waals surface area (Å²) in [6, 6.07) is 2.55. The van der Waals surface area contributed by atoms with Crippen LogP contribution < -0.4 is 4.90 Å². The summed E-state index contributed by atoms with van der Waals surface area (Å²) in [5, 5.41) is 14.6. The molecule has 0 N–H and O–H groups in total. The highest BCUT2D eigenvalue weighted by molar-refractivity contribution is 5.77. The fourth-order valence-electron chi connectivity index (χ4n) is 5.48. The zero-order valence-corrected chi connectivity index (χ0v) is 21.5. The van der Waals surface area contributed by atoms with Crippen molar-refractivity contribution < 1.29 is 9.53 Å². The average Bonchev–Trinajstić information content (AvgIpc) is 3.58. The fraction of sp³-hybridized carbons (Fsp3) is 0.630. The van der Waals surface area contributed by atoms with Gasteiger partial charge in [-0.3, -0.25) is 9.48 Å². The molecular weight excluding hydrogens is 440 g/mol. The van der Waals surface area contributed by atoms with Gasteiger partial charge in [-0.25, -0.2) is 4.98 Å². The highest BCUT2D eigenvalue weighted by atomic mass is 16.5. The van der Waals surface area contributed by atoms with Crippen molar-refractivity contribution in [2.75, 3.05) is 24.5 Å². The summed E-state index contributed by atoms with van der Waals surface area (Å²) in [5.74, 6) is 1.63. The van der Waals surface area contributed by atoms with Crippen molar-refractivity contribution in [2.45, 2.75) is 84.6 Å². The van der Waals surface area contributed by atoms with E-state index in [4.69, 9.17) is 9.72 Å². The van der Waals surface area contributed by atoms with E-state index in [0.717, 1.165) is 47.5 Å². The molecular formula is C27H36N6O2. The number of nitrogens with zero attached hydrogens (tertiary/aromatic N) is 6. The Balaban J connectivity index is 1.45. The summed E-state index contributed by atoms with van der Waals surface area (Å²) in [5.41, 5.74) is 4.81. The molecule has 5 rings (SSSR count). The zero-order valence-electron chi connectivity index (χ0n) is 21.5. The quantitative estimate of drug-likeness (QED) is 0.656. The monoisotopic (exact) mass is 476 g/mol. The molecule has 2 aliphatic heterocycles. The molecule has 8 nitrogen and oxygen atoms in total. The Morgan fingerprint density at radius 1 is 1.29 bits per heavy atom. The Bertz CT molecular complexity index is 1170. The maximum Gasteiger partial charge on any atom is 0.244 e. The van der Waals surface area contributed by atoms with Crippen LogP contribution in [0.1, 0.15) is 74.4 Å². The zero-order chi connectivity index (χ0) is 24.9. The minimum absolute atomic E-state index is 0.0430. The molecule has 2 aromatic rings. The molecule has 2 aromatic heterocycles. The molecule has 1 saturated heterocycles. The summed E-state index contributed by atoms with van der Waals surface area (Å²) in [7, 11) is 0. The van der Waals surface area contributed by atoms with E-state index in [1.165, 1.54) is 0 Å². The fourth-order valence-corrected chi connectivity index (χ4v) is 5.48. The second-order valence-corrected chi connectivity index (χ2v) is 11.3. The number of carbonyl (C=O) groups is 1. The first-order valence-corrected chi connectivity index (χ1v) is 12.8. The lowest BCUT2D eigenvalue weighted by molar-refractivity contribution is -0.135. The van der Waals surface area contributed by atoms with E-state index in [9.17, 15) is 10.1 Å². The summed E-state index contributed by atoms with van der Waals surface area (Å²) < 4.78 is 7.83. The lowest BCUT2D eigenvalue weighted by atomic mass is 9.87. The van der Waals surface area contributed by atoms with Gasteiger partial charge in [0.2, 0.25) is 5.91 Å². The standard InChI is InChI=1S/C27H36N6O2/c1-17(2)23-14-31(8-9-33(23)24(34)15-32-13-18(3)12-29-32)26-21(11-28)20-10-27(4,5)35-16-22(20)25(30-26)19-6-7-19/h12-13,17,19,23H,6-10,14-16H2,1-5H3. The van der Waals surface area contributed by atoms with E-state index < -0.39 is 0 Å². The number of aromatic nitrogens is 3. The van der Waals surface area contributed by atoms with Crippen molar-refractivity contribution in [3.8, 4) is 6.07 Å². The smallest absolute Gasteiger partial charge is 0.244 e. The number of anilines is 1. The van der Waals surface area contributed by atoms with Crippen molar-refractivity contribution >= 4 is 11.7 Å². The van der Waals surface area contributed by atoms with Gasteiger partial charge >= 0.3 is 0 Å². The van der Waals surface area contributed by atoms with Gasteiger partial charge in [-0.2, -0.15) is 10.4 Å². The van der Waals surface area contributed by atoms with E-state index in [1.54, 1.807) is 10.9 Å². The van der Waals surface area contributed by atoms with Crippen molar-refractivity contribution in [3.63, 3.8) is 0 Å². The second-order valence-electron chi connectivity index (χ2n) is 11.3. The van der Waals surface area contributed by atoms with Gasteiger partial charge in [0.1, 0.15) is 18.4 Å². The number of aryl methyl sites for hydroxylation is 1. The third-order valence-electron chi connectivity index (χ3n) is 7.58. The van der Waals surface area contributed by atoms with Crippen LogP contribution in [0.4, 0.5) is 5.82 Å². The molecule has 3 aliphatic rings. The minimum Gasteiger partial charge on any atom is -0.370 e. The number of hydrogen-bond donors (Lipinski definition) is 0. The number of nitriles is 1. The number of amides is 1. The predicted octanol–water partition coefficient (Wildman–Crippen LogP) is 3.56. The number of rotatable bonds is 5. The molecule has 0 bridgehead atoms. The van der Waals surface area contributed by atoms with Gasteiger partial charge < -0.3 is 14.5 Å². The number of fused-ring (bicyclic) bond motifs is 1. The van der Waals surface area contributed by atoms with E-state index in [-0.39, 0.29) is 30.0 Å². The SMILES string of the molecule is Cc1cnn(CC(=O)N2CCN(c3nc(C4CC4)c4c(c3C#N)CC(C)(C)OC4)CC2C(C)C)c1. The van der Waals surface area contributed by atoms with Crippen molar-refractivity contribution in [2.24, 2.45) is 5.92 Å². The molecule has 1 amide bonds. The van der Waals surface area contributed by atoms with Crippen LogP contribution in [-0.2, 0) is 29.1 Å². The third-order valence-corrected chi connectivity index (χ3v) is 7.58. The average molecular weight is 477 g/mol. The van der Waals surface area contributed by atoms with Crippen molar-refractivity contribution in [1.29, 1.82) is 5.26 Å². The van der Waals surface area contributed by atoms with E-state index in [0.29, 0.717) is 37.7 Å². The van der Waals surface area contributed by atoms with Gasteiger partial charge in [0.05, 0.1) is 35.7 Å². The molecule has 1 aliphatic carbocycles. The van der Waals surface area contributed by atoms with Crippen molar-refractivity contribution in [1.82, 2.24) is 19.7 Å². The van der Waals surface area contributed by atoms with Crippen molar-refractivity contribution in [3.05, 3.63) is 40.3 Å². The first-order chi connectivity index (χ1) is 16.7. The summed E-state index contributed by atoms with van der Waals surface area (Å²) in [4.78, 5) is 22.6. The van der Waals surface area contributed by atoms with Crippen LogP contribution in [0.3, 0.4) is 0 Å². The highest BCUT2D eigenvalue weighted by Crippen LogP contribution is 2.46. The van der Waals surface area contributed by atoms with Crippen LogP contribution in [0.25, 0.3) is 0 Å². The topological polar surface area (TPSA) is 87.3 Å². The van der Waals surface area contributed by atoms with Gasteiger partial charge in [-0.1, -0.05) is 13.8 Å². The molecule has 1 atom stereocenters. The number of ether oxygens (including phenoxy) is 1. The van der Waals surface area contributed by atoms with Gasteiger partial charge in [0.25, 0.3) is 0 Å². The van der Waals surface area contributed by atoms with Crippen LogP contribution in [0.2, 0.25) is 0 Å². The van der Waals surface area contributed by atoms with E-state index >= 15 is 0 Å². The molecule has 4 heterocycles. The first-order valence-electron chi connectivity index (χ1n) is 12.8. The lowest BCUT2D eigenvalue weighted by Gasteiger charge is -2.44. The van der Waals surface area contributed by atoms with E-state index in [2.05, 4.69) is 43.8 Å². The van der Waals surface area contributed by atoms with Crippen LogP contribution in [0.15, 0.2) is 12.4 Å². The number of carbonyl (C=O) groups excluding carboxylic acids is 1.